The van der Waals surface area contributed by atoms with Crippen LogP contribution in [0.4, 0.5) is 5.69 Å². The number of nitrogens with zero attached hydrogens (tertiary/aromatic N) is 2. The first-order chi connectivity index (χ1) is 13.6. The predicted octanol–water partition coefficient (Wildman–Crippen LogP) is 2.71. The van der Waals surface area contributed by atoms with Crippen LogP contribution in [0.1, 0.15) is 12.5 Å². The molecule has 0 bridgehead atoms. The highest BCUT2D eigenvalue weighted by Gasteiger charge is 2.35. The number of benzene rings is 2. The SMILES string of the molecule is C[C@H]1Oc2ccccc2O[C@H]1C(=O)N(C)Cc1ccc(N2CCOCC2)cc1. The van der Waals surface area contributed by atoms with E-state index in [0.717, 1.165) is 31.9 Å². The Labute approximate surface area is 165 Å². The summed E-state index contributed by atoms with van der Waals surface area (Å²) in [6, 6.07) is 15.8. The first-order valence-corrected chi connectivity index (χ1v) is 9.71. The number of rotatable bonds is 4. The average Bonchev–Trinajstić information content (AvgIpc) is 2.74. The molecular formula is C22H26N2O4. The Kier molecular flexibility index (Phi) is 5.39. The molecule has 0 spiro atoms. The molecule has 2 aromatic rings. The highest BCUT2D eigenvalue weighted by atomic mass is 16.6. The summed E-state index contributed by atoms with van der Waals surface area (Å²) in [7, 11) is 1.80. The smallest absolute Gasteiger partial charge is 0.267 e. The number of amides is 1. The Bertz CT molecular complexity index is 818. The number of carbonyl (C=O) groups excluding carboxylic acids is 1. The van der Waals surface area contributed by atoms with Crippen LogP contribution in [0.25, 0.3) is 0 Å². The zero-order chi connectivity index (χ0) is 19.5. The lowest BCUT2D eigenvalue weighted by Gasteiger charge is -2.33. The lowest BCUT2D eigenvalue weighted by atomic mass is 10.1. The van der Waals surface area contributed by atoms with Gasteiger partial charge in [-0.3, -0.25) is 4.79 Å². The minimum absolute atomic E-state index is 0.0840. The molecule has 0 unspecified atom stereocenters. The normalized spacial score (nSPS) is 21.3. The van der Waals surface area contributed by atoms with E-state index in [-0.39, 0.29) is 12.0 Å². The third kappa shape index (κ3) is 3.92. The molecule has 0 aromatic heterocycles. The molecule has 0 N–H and O–H groups in total. The highest BCUT2D eigenvalue weighted by molar-refractivity contribution is 5.82. The van der Waals surface area contributed by atoms with Crippen molar-refractivity contribution in [2.24, 2.45) is 0 Å². The van der Waals surface area contributed by atoms with E-state index in [4.69, 9.17) is 14.2 Å². The molecule has 2 atom stereocenters. The van der Waals surface area contributed by atoms with Gasteiger partial charge in [-0.05, 0) is 36.8 Å². The van der Waals surface area contributed by atoms with Crippen LogP contribution in [-0.2, 0) is 16.1 Å². The zero-order valence-corrected chi connectivity index (χ0v) is 16.3. The molecule has 0 saturated carbocycles. The van der Waals surface area contributed by atoms with Crippen LogP contribution >= 0.6 is 0 Å². The number of morpholine rings is 1. The first-order valence-electron chi connectivity index (χ1n) is 9.71. The van der Waals surface area contributed by atoms with Crippen molar-refractivity contribution in [3.63, 3.8) is 0 Å². The number of para-hydroxylation sites is 2. The van der Waals surface area contributed by atoms with Gasteiger partial charge in [0.25, 0.3) is 5.91 Å². The maximum absolute atomic E-state index is 12.9. The second-order valence-electron chi connectivity index (χ2n) is 7.27. The van der Waals surface area contributed by atoms with E-state index < -0.39 is 6.10 Å². The van der Waals surface area contributed by atoms with E-state index in [1.165, 1.54) is 5.69 Å². The first kappa shape index (κ1) is 18.6. The van der Waals surface area contributed by atoms with E-state index in [1.807, 2.05) is 31.2 Å². The minimum Gasteiger partial charge on any atom is -0.482 e. The third-order valence-corrected chi connectivity index (χ3v) is 5.19. The van der Waals surface area contributed by atoms with Crippen LogP contribution in [0.15, 0.2) is 48.5 Å². The van der Waals surface area contributed by atoms with Gasteiger partial charge in [-0.25, -0.2) is 0 Å². The lowest BCUT2D eigenvalue weighted by Crippen LogP contribution is -2.49. The van der Waals surface area contributed by atoms with Gasteiger partial charge in [0.05, 0.1) is 13.2 Å². The van der Waals surface area contributed by atoms with Gasteiger partial charge in [-0.1, -0.05) is 24.3 Å². The molecule has 2 aliphatic rings. The number of likely N-dealkylation sites (N-methyl/N-ethyl adjacent to an activating group) is 1. The standard InChI is InChI=1S/C22H26N2O4/c1-16-21(28-20-6-4-3-5-19(20)27-16)22(25)23(2)15-17-7-9-18(10-8-17)24-11-13-26-14-12-24/h3-10,16,21H,11-15H2,1-2H3/t16-,21-/m1/s1. The van der Waals surface area contributed by atoms with Crippen molar-refractivity contribution in [3.8, 4) is 11.5 Å². The van der Waals surface area contributed by atoms with Crippen molar-refractivity contribution in [2.45, 2.75) is 25.7 Å². The topological polar surface area (TPSA) is 51.2 Å². The molecule has 2 aromatic carbocycles. The van der Waals surface area contributed by atoms with Crippen LogP contribution in [0.5, 0.6) is 11.5 Å². The monoisotopic (exact) mass is 382 g/mol. The summed E-state index contributed by atoms with van der Waals surface area (Å²) in [5.74, 6) is 1.21. The van der Waals surface area contributed by atoms with Gasteiger partial charge < -0.3 is 24.0 Å². The number of ether oxygens (including phenoxy) is 3. The summed E-state index contributed by atoms with van der Waals surface area (Å²) in [5, 5.41) is 0. The maximum atomic E-state index is 12.9. The Balaban J connectivity index is 1.39. The number of carbonyl (C=O) groups is 1. The van der Waals surface area contributed by atoms with Crippen LogP contribution in [0.2, 0.25) is 0 Å². The second-order valence-corrected chi connectivity index (χ2v) is 7.27. The van der Waals surface area contributed by atoms with E-state index >= 15 is 0 Å². The summed E-state index contributed by atoms with van der Waals surface area (Å²) in [6.45, 7) is 5.75. The summed E-state index contributed by atoms with van der Waals surface area (Å²) in [6.07, 6.45) is -0.985. The van der Waals surface area contributed by atoms with E-state index in [1.54, 1.807) is 11.9 Å². The van der Waals surface area contributed by atoms with Crippen molar-refractivity contribution in [2.75, 3.05) is 38.3 Å². The molecule has 0 radical (unpaired) electrons. The number of anilines is 1. The Hall–Kier alpha value is -2.73. The molecule has 2 aliphatic heterocycles. The molecule has 2 heterocycles. The van der Waals surface area contributed by atoms with Crippen LogP contribution in [0, 0.1) is 0 Å². The van der Waals surface area contributed by atoms with Gasteiger partial charge in [0.15, 0.2) is 11.5 Å². The van der Waals surface area contributed by atoms with Gasteiger partial charge in [-0.15, -0.1) is 0 Å². The van der Waals surface area contributed by atoms with Gasteiger partial charge in [-0.2, -0.15) is 0 Å². The number of hydrogen-bond donors (Lipinski definition) is 0. The number of fused-ring (bicyclic) bond motifs is 1. The molecule has 6 nitrogen and oxygen atoms in total. The van der Waals surface area contributed by atoms with Gasteiger partial charge in [0.1, 0.15) is 6.10 Å². The molecule has 0 aliphatic carbocycles. The van der Waals surface area contributed by atoms with Crippen LogP contribution in [-0.4, -0.2) is 56.4 Å². The maximum Gasteiger partial charge on any atom is 0.267 e. The predicted molar refractivity (Wildman–Crippen MR) is 107 cm³/mol. The Morgan fingerprint density at radius 2 is 1.68 bits per heavy atom. The molecule has 4 rings (SSSR count). The fraction of sp³-hybridized carbons (Fsp3) is 0.409. The fourth-order valence-electron chi connectivity index (χ4n) is 3.59. The molecule has 148 valence electrons. The number of hydrogen-bond acceptors (Lipinski definition) is 5. The van der Waals surface area contributed by atoms with Gasteiger partial charge >= 0.3 is 0 Å². The van der Waals surface area contributed by atoms with Gasteiger partial charge in [0.2, 0.25) is 6.10 Å². The van der Waals surface area contributed by atoms with Crippen LogP contribution < -0.4 is 14.4 Å². The van der Waals surface area contributed by atoms with E-state index in [0.29, 0.717) is 18.0 Å². The summed E-state index contributed by atoms with van der Waals surface area (Å²) >= 11 is 0. The Morgan fingerprint density at radius 1 is 1.04 bits per heavy atom. The minimum atomic E-state index is -0.646. The molecule has 1 amide bonds. The van der Waals surface area contributed by atoms with Crippen molar-refractivity contribution in [1.82, 2.24) is 4.90 Å². The van der Waals surface area contributed by atoms with Crippen molar-refractivity contribution >= 4 is 11.6 Å². The van der Waals surface area contributed by atoms with E-state index in [2.05, 4.69) is 29.2 Å². The molecular weight excluding hydrogens is 356 g/mol. The molecule has 28 heavy (non-hydrogen) atoms. The highest BCUT2D eigenvalue weighted by Crippen LogP contribution is 2.34. The largest absolute Gasteiger partial charge is 0.482 e. The fourth-order valence-corrected chi connectivity index (χ4v) is 3.59. The second kappa shape index (κ2) is 8.10. The van der Waals surface area contributed by atoms with Crippen molar-refractivity contribution < 1.29 is 19.0 Å². The zero-order valence-electron chi connectivity index (χ0n) is 16.3. The molecule has 1 fully saturated rings. The van der Waals surface area contributed by atoms with Crippen molar-refractivity contribution in [1.29, 1.82) is 0 Å². The van der Waals surface area contributed by atoms with Crippen LogP contribution in [0.3, 0.4) is 0 Å². The van der Waals surface area contributed by atoms with Crippen molar-refractivity contribution in [3.05, 3.63) is 54.1 Å². The average molecular weight is 382 g/mol. The lowest BCUT2D eigenvalue weighted by molar-refractivity contribution is -0.143. The third-order valence-electron chi connectivity index (χ3n) is 5.19. The molecule has 6 heteroatoms. The summed E-state index contributed by atoms with van der Waals surface area (Å²) < 4.78 is 17.2. The quantitative estimate of drug-likeness (QED) is 0.814. The summed E-state index contributed by atoms with van der Waals surface area (Å²) in [4.78, 5) is 16.9. The van der Waals surface area contributed by atoms with E-state index in [9.17, 15) is 4.79 Å². The summed E-state index contributed by atoms with van der Waals surface area (Å²) in [5.41, 5.74) is 2.27. The van der Waals surface area contributed by atoms with Gasteiger partial charge in [0, 0.05) is 32.4 Å². The Morgan fingerprint density at radius 3 is 2.36 bits per heavy atom. The molecule has 1 saturated heterocycles.